The number of carbonyl (C=O) groups is 1. The van der Waals surface area contributed by atoms with Crippen molar-refractivity contribution in [3.63, 3.8) is 0 Å². The zero-order valence-electron chi connectivity index (χ0n) is 16.1. The third-order valence-corrected chi connectivity index (χ3v) is 6.90. The fourth-order valence-corrected chi connectivity index (χ4v) is 4.56. The Hall–Kier alpha value is -2.35. The molecule has 2 aromatic rings. The highest BCUT2D eigenvalue weighted by Crippen LogP contribution is 2.22. The second-order valence-electron chi connectivity index (χ2n) is 6.65. The number of halogens is 1. The van der Waals surface area contributed by atoms with E-state index >= 15 is 0 Å². The first-order valence-corrected chi connectivity index (χ1v) is 11.1. The van der Waals surface area contributed by atoms with Gasteiger partial charge in [0, 0.05) is 30.2 Å². The topological polar surface area (TPSA) is 75.7 Å². The molecule has 0 radical (unpaired) electrons. The average molecular weight is 435 g/mol. The number of nitrogens with zero attached hydrogens (tertiary/aromatic N) is 1. The number of methoxy groups -OCH3 is 1. The Morgan fingerprint density at radius 3 is 2.41 bits per heavy atom. The Kier molecular flexibility index (Phi) is 6.95. The molecule has 29 heavy (non-hydrogen) atoms. The summed E-state index contributed by atoms with van der Waals surface area (Å²) in [6, 6.07) is 13.8. The SMILES string of the molecule is COc1ccc(S(=O)(=O)N2CC=C(C(=O)NCCc3ccc(Cl)cc3)CC2)cc1. The van der Waals surface area contributed by atoms with E-state index in [0.717, 1.165) is 5.56 Å². The fraction of sp³-hybridized carbons (Fsp3) is 0.286. The third-order valence-electron chi connectivity index (χ3n) is 4.77. The second kappa shape index (κ2) is 9.43. The van der Waals surface area contributed by atoms with Crippen LogP contribution in [-0.4, -0.2) is 45.4 Å². The predicted octanol–water partition coefficient (Wildman–Crippen LogP) is 3.03. The van der Waals surface area contributed by atoms with E-state index in [2.05, 4.69) is 5.32 Å². The van der Waals surface area contributed by atoms with Gasteiger partial charge in [-0.15, -0.1) is 0 Å². The second-order valence-corrected chi connectivity index (χ2v) is 9.02. The van der Waals surface area contributed by atoms with Crippen molar-refractivity contribution in [3.8, 4) is 5.75 Å². The summed E-state index contributed by atoms with van der Waals surface area (Å²) in [5, 5.41) is 3.57. The van der Waals surface area contributed by atoms with Gasteiger partial charge in [-0.2, -0.15) is 4.31 Å². The van der Waals surface area contributed by atoms with Gasteiger partial charge < -0.3 is 10.1 Å². The van der Waals surface area contributed by atoms with Gasteiger partial charge in [-0.1, -0.05) is 29.8 Å². The lowest BCUT2D eigenvalue weighted by Crippen LogP contribution is -2.37. The summed E-state index contributed by atoms with van der Waals surface area (Å²) in [6.45, 7) is 0.949. The van der Waals surface area contributed by atoms with E-state index in [4.69, 9.17) is 16.3 Å². The number of carbonyl (C=O) groups excluding carboxylic acids is 1. The molecule has 0 bridgehead atoms. The monoisotopic (exact) mass is 434 g/mol. The molecule has 1 N–H and O–H groups in total. The molecule has 8 heteroatoms. The lowest BCUT2D eigenvalue weighted by atomic mass is 10.1. The number of benzene rings is 2. The van der Waals surface area contributed by atoms with E-state index in [0.29, 0.717) is 35.7 Å². The quantitative estimate of drug-likeness (QED) is 0.726. The molecule has 3 rings (SSSR count). The van der Waals surface area contributed by atoms with Gasteiger partial charge in [0.1, 0.15) is 5.75 Å². The van der Waals surface area contributed by atoms with Gasteiger partial charge >= 0.3 is 0 Å². The molecule has 0 fully saturated rings. The highest BCUT2D eigenvalue weighted by molar-refractivity contribution is 7.89. The van der Waals surface area contributed by atoms with Crippen LogP contribution in [0.15, 0.2) is 65.1 Å². The summed E-state index contributed by atoms with van der Waals surface area (Å²) in [7, 11) is -2.07. The van der Waals surface area contributed by atoms with Crippen LogP contribution >= 0.6 is 11.6 Å². The summed E-state index contributed by atoms with van der Waals surface area (Å²) < 4.78 is 32.0. The van der Waals surface area contributed by atoms with Crippen LogP contribution in [0.1, 0.15) is 12.0 Å². The Morgan fingerprint density at radius 2 is 1.83 bits per heavy atom. The summed E-state index contributed by atoms with van der Waals surface area (Å²) in [5.41, 5.74) is 1.70. The van der Waals surface area contributed by atoms with Gasteiger partial charge in [0.2, 0.25) is 15.9 Å². The third kappa shape index (κ3) is 5.38. The van der Waals surface area contributed by atoms with Crippen molar-refractivity contribution in [2.45, 2.75) is 17.7 Å². The van der Waals surface area contributed by atoms with Crippen LogP contribution in [0.4, 0.5) is 0 Å². The zero-order valence-corrected chi connectivity index (χ0v) is 17.7. The van der Waals surface area contributed by atoms with E-state index in [1.807, 2.05) is 24.3 Å². The summed E-state index contributed by atoms with van der Waals surface area (Å²) in [5.74, 6) is 0.445. The number of sulfonamides is 1. The van der Waals surface area contributed by atoms with Crippen molar-refractivity contribution >= 4 is 27.5 Å². The number of hydrogen-bond acceptors (Lipinski definition) is 4. The highest BCUT2D eigenvalue weighted by atomic mass is 35.5. The van der Waals surface area contributed by atoms with Crippen LogP contribution in [0.2, 0.25) is 5.02 Å². The first kappa shape index (κ1) is 21.4. The highest BCUT2D eigenvalue weighted by Gasteiger charge is 2.27. The van der Waals surface area contributed by atoms with Gasteiger partial charge in [-0.3, -0.25) is 4.79 Å². The van der Waals surface area contributed by atoms with Crippen LogP contribution < -0.4 is 10.1 Å². The standard InChI is InChI=1S/C21H23ClN2O4S/c1-28-19-6-8-20(9-7-19)29(26,27)24-14-11-17(12-15-24)21(25)23-13-10-16-2-4-18(22)5-3-16/h2-9,11H,10,12-15H2,1H3,(H,23,25). The van der Waals surface area contributed by atoms with Gasteiger partial charge in [-0.25, -0.2) is 8.42 Å². The minimum Gasteiger partial charge on any atom is -0.497 e. The molecule has 0 saturated heterocycles. The van der Waals surface area contributed by atoms with Crippen molar-refractivity contribution in [1.29, 1.82) is 0 Å². The van der Waals surface area contributed by atoms with Crippen molar-refractivity contribution in [2.24, 2.45) is 0 Å². The zero-order chi connectivity index (χ0) is 20.9. The van der Waals surface area contributed by atoms with Gasteiger partial charge in [0.05, 0.1) is 12.0 Å². The summed E-state index contributed by atoms with van der Waals surface area (Å²) in [6.07, 6.45) is 2.76. The number of nitrogens with one attached hydrogen (secondary N) is 1. The molecule has 1 aliphatic heterocycles. The van der Waals surface area contributed by atoms with Crippen LogP contribution in [-0.2, 0) is 21.2 Å². The fourth-order valence-electron chi connectivity index (χ4n) is 3.06. The smallest absolute Gasteiger partial charge is 0.246 e. The molecular weight excluding hydrogens is 412 g/mol. The molecule has 0 aliphatic carbocycles. The van der Waals surface area contributed by atoms with Crippen LogP contribution in [0.3, 0.4) is 0 Å². The Balaban J connectivity index is 1.54. The number of ether oxygens (including phenoxy) is 1. The maximum Gasteiger partial charge on any atom is 0.246 e. The number of amides is 1. The minimum absolute atomic E-state index is 0.152. The van der Waals surface area contributed by atoms with Gasteiger partial charge in [-0.05, 0) is 54.8 Å². The van der Waals surface area contributed by atoms with Gasteiger partial charge in [0.25, 0.3) is 0 Å². The van der Waals surface area contributed by atoms with Crippen LogP contribution in [0.5, 0.6) is 5.75 Å². The molecule has 0 spiro atoms. The molecule has 0 aromatic heterocycles. The van der Waals surface area contributed by atoms with Crippen molar-refractivity contribution in [2.75, 3.05) is 26.7 Å². The lowest BCUT2D eigenvalue weighted by Gasteiger charge is -2.25. The molecular formula is C21H23ClN2O4S. The van der Waals surface area contributed by atoms with E-state index in [1.54, 1.807) is 18.2 Å². The molecule has 0 saturated carbocycles. The Bertz CT molecular complexity index is 986. The Labute approximate surface area is 176 Å². The summed E-state index contributed by atoms with van der Waals surface area (Å²) in [4.78, 5) is 12.6. The largest absolute Gasteiger partial charge is 0.497 e. The first-order chi connectivity index (χ1) is 13.9. The predicted molar refractivity (Wildman–Crippen MR) is 113 cm³/mol. The molecule has 1 heterocycles. The van der Waals surface area contributed by atoms with E-state index in [-0.39, 0.29) is 23.9 Å². The van der Waals surface area contributed by atoms with Gasteiger partial charge in [0.15, 0.2) is 0 Å². The molecule has 1 aliphatic rings. The van der Waals surface area contributed by atoms with Crippen molar-refractivity contribution in [3.05, 3.63) is 70.8 Å². The van der Waals surface area contributed by atoms with Crippen LogP contribution in [0.25, 0.3) is 0 Å². The molecule has 2 aromatic carbocycles. The summed E-state index contributed by atoms with van der Waals surface area (Å²) >= 11 is 5.86. The molecule has 1 amide bonds. The minimum atomic E-state index is -3.60. The molecule has 0 atom stereocenters. The normalized spacial score (nSPS) is 14.9. The van der Waals surface area contributed by atoms with E-state index in [1.165, 1.54) is 23.5 Å². The molecule has 6 nitrogen and oxygen atoms in total. The lowest BCUT2D eigenvalue weighted by molar-refractivity contribution is -0.117. The van der Waals surface area contributed by atoms with Crippen molar-refractivity contribution in [1.82, 2.24) is 9.62 Å². The van der Waals surface area contributed by atoms with E-state index in [9.17, 15) is 13.2 Å². The Morgan fingerprint density at radius 1 is 1.14 bits per heavy atom. The maximum atomic E-state index is 12.8. The first-order valence-electron chi connectivity index (χ1n) is 9.26. The number of hydrogen-bond donors (Lipinski definition) is 1. The number of rotatable bonds is 7. The molecule has 0 unspecified atom stereocenters. The van der Waals surface area contributed by atoms with E-state index < -0.39 is 10.0 Å². The van der Waals surface area contributed by atoms with Crippen LogP contribution in [0, 0.1) is 0 Å². The average Bonchev–Trinajstić information content (AvgIpc) is 2.75. The maximum absolute atomic E-state index is 12.8. The molecule has 154 valence electrons. The van der Waals surface area contributed by atoms with Crippen molar-refractivity contribution < 1.29 is 17.9 Å².